The topological polar surface area (TPSA) is 24.5 Å². The van der Waals surface area contributed by atoms with Gasteiger partial charge in [-0.25, -0.2) is 0 Å². The van der Waals surface area contributed by atoms with E-state index in [-0.39, 0.29) is 0 Å². The Morgan fingerprint density at radius 2 is 2.36 bits per heavy atom. The first-order valence-corrected chi connectivity index (χ1v) is 5.88. The maximum Gasteiger partial charge on any atom is 0.109 e. The summed E-state index contributed by atoms with van der Waals surface area (Å²) >= 11 is 0. The molecule has 0 amide bonds. The lowest BCUT2D eigenvalue weighted by Crippen LogP contribution is -2.39. The van der Waals surface area contributed by atoms with Crippen LogP contribution in [0.5, 0.6) is 0 Å². The van der Waals surface area contributed by atoms with Crippen molar-refractivity contribution < 1.29 is 4.74 Å². The average molecular weight is 198 g/mol. The van der Waals surface area contributed by atoms with E-state index in [4.69, 9.17) is 4.74 Å². The summed E-state index contributed by atoms with van der Waals surface area (Å²) in [5, 5.41) is 3.39. The van der Waals surface area contributed by atoms with E-state index in [0.29, 0.717) is 12.3 Å². The third-order valence-electron chi connectivity index (χ3n) is 3.37. The molecular weight excluding hydrogens is 176 g/mol. The summed E-state index contributed by atoms with van der Waals surface area (Å²) < 4.78 is 5.61. The van der Waals surface area contributed by atoms with E-state index in [1.54, 1.807) is 0 Å². The van der Waals surface area contributed by atoms with Gasteiger partial charge in [0.15, 0.2) is 0 Å². The van der Waals surface area contributed by atoms with Crippen molar-refractivity contribution in [3.05, 3.63) is 0 Å². The highest BCUT2D eigenvalue weighted by atomic mass is 16.5. The lowest BCUT2D eigenvalue weighted by Gasteiger charge is -2.29. The summed E-state index contributed by atoms with van der Waals surface area (Å²) in [6, 6.07) is 1.43. The van der Waals surface area contributed by atoms with Gasteiger partial charge in [0, 0.05) is 25.0 Å². The summed E-state index contributed by atoms with van der Waals surface area (Å²) in [6.07, 6.45) is 4.19. The molecule has 0 radical (unpaired) electrons. The summed E-state index contributed by atoms with van der Waals surface area (Å²) in [4.78, 5) is 2.61. The van der Waals surface area contributed by atoms with E-state index in [1.807, 2.05) is 0 Å². The van der Waals surface area contributed by atoms with Gasteiger partial charge in [0.05, 0.1) is 6.61 Å². The number of rotatable bonds is 3. The van der Waals surface area contributed by atoms with Crippen molar-refractivity contribution in [2.24, 2.45) is 0 Å². The van der Waals surface area contributed by atoms with E-state index in [9.17, 15) is 0 Å². The average Bonchev–Trinajstić information content (AvgIpc) is 2.75. The minimum absolute atomic E-state index is 0.319. The first-order chi connectivity index (χ1) is 6.77. The normalized spacial score (nSPS) is 34.5. The summed E-state index contributed by atoms with van der Waals surface area (Å²) in [5.74, 6) is 0. The third kappa shape index (κ3) is 2.27. The highest BCUT2D eigenvalue weighted by Crippen LogP contribution is 2.24. The third-order valence-corrected chi connectivity index (χ3v) is 3.37. The zero-order valence-electron chi connectivity index (χ0n) is 9.33. The fourth-order valence-electron chi connectivity index (χ4n) is 2.67. The second-order valence-corrected chi connectivity index (χ2v) is 4.68. The van der Waals surface area contributed by atoms with Gasteiger partial charge in [-0.15, -0.1) is 0 Å². The highest BCUT2D eigenvalue weighted by molar-refractivity contribution is 4.84. The zero-order chi connectivity index (χ0) is 9.97. The Labute approximate surface area is 86.8 Å². The molecular formula is C11H22N2O. The van der Waals surface area contributed by atoms with Crippen molar-refractivity contribution in [2.45, 2.75) is 51.4 Å². The Morgan fingerprint density at radius 1 is 1.50 bits per heavy atom. The summed E-state index contributed by atoms with van der Waals surface area (Å²) in [5.41, 5.74) is 0. The lowest BCUT2D eigenvalue weighted by atomic mass is 10.1. The standard InChI is InChI=1S/C11H22N2O/c1-9(2)13-6-3-4-10(13)8-11-12-5-7-14-11/h9-12H,3-8H2,1-2H3. The molecule has 2 aliphatic rings. The largest absolute Gasteiger partial charge is 0.362 e. The van der Waals surface area contributed by atoms with Gasteiger partial charge in [-0.2, -0.15) is 0 Å². The molecule has 1 N–H and O–H groups in total. The van der Waals surface area contributed by atoms with Crippen molar-refractivity contribution in [1.29, 1.82) is 0 Å². The summed E-state index contributed by atoms with van der Waals surface area (Å²) in [7, 11) is 0. The Balaban J connectivity index is 1.83. The number of hydrogen-bond donors (Lipinski definition) is 1. The molecule has 0 aromatic heterocycles. The molecule has 0 aromatic carbocycles. The quantitative estimate of drug-likeness (QED) is 0.737. The molecule has 2 saturated heterocycles. The smallest absolute Gasteiger partial charge is 0.109 e. The summed E-state index contributed by atoms with van der Waals surface area (Å²) in [6.45, 7) is 7.77. The van der Waals surface area contributed by atoms with Gasteiger partial charge >= 0.3 is 0 Å². The van der Waals surface area contributed by atoms with Crippen molar-refractivity contribution in [2.75, 3.05) is 19.7 Å². The minimum atomic E-state index is 0.319. The molecule has 2 heterocycles. The van der Waals surface area contributed by atoms with E-state index in [1.165, 1.54) is 19.4 Å². The predicted molar refractivity (Wildman–Crippen MR) is 57.2 cm³/mol. The molecule has 0 aliphatic carbocycles. The molecule has 2 unspecified atom stereocenters. The number of likely N-dealkylation sites (tertiary alicyclic amines) is 1. The number of nitrogens with one attached hydrogen (secondary N) is 1. The van der Waals surface area contributed by atoms with Crippen LogP contribution in [0.3, 0.4) is 0 Å². The molecule has 82 valence electrons. The fraction of sp³-hybridized carbons (Fsp3) is 1.00. The van der Waals surface area contributed by atoms with Gasteiger partial charge in [0.2, 0.25) is 0 Å². The molecule has 0 bridgehead atoms. The van der Waals surface area contributed by atoms with Crippen LogP contribution in [0.2, 0.25) is 0 Å². The van der Waals surface area contributed by atoms with Crippen LogP contribution in [-0.2, 0) is 4.74 Å². The van der Waals surface area contributed by atoms with E-state index < -0.39 is 0 Å². The van der Waals surface area contributed by atoms with E-state index >= 15 is 0 Å². The molecule has 0 aromatic rings. The van der Waals surface area contributed by atoms with Gasteiger partial charge in [-0.05, 0) is 33.2 Å². The molecule has 2 fully saturated rings. The van der Waals surface area contributed by atoms with Gasteiger partial charge in [-0.1, -0.05) is 0 Å². The Bertz CT molecular complexity index is 178. The van der Waals surface area contributed by atoms with Crippen LogP contribution in [0.15, 0.2) is 0 Å². The molecule has 3 heteroatoms. The second-order valence-electron chi connectivity index (χ2n) is 4.68. The molecule has 2 atom stereocenters. The van der Waals surface area contributed by atoms with E-state index in [0.717, 1.165) is 25.6 Å². The Morgan fingerprint density at radius 3 is 3.00 bits per heavy atom. The molecule has 14 heavy (non-hydrogen) atoms. The maximum absolute atomic E-state index is 5.61. The van der Waals surface area contributed by atoms with E-state index in [2.05, 4.69) is 24.1 Å². The van der Waals surface area contributed by atoms with Gasteiger partial charge in [0.1, 0.15) is 6.23 Å². The van der Waals surface area contributed by atoms with Crippen LogP contribution in [0, 0.1) is 0 Å². The SMILES string of the molecule is CC(C)N1CCCC1CC1NCCO1. The van der Waals surface area contributed by atoms with Crippen LogP contribution in [-0.4, -0.2) is 42.9 Å². The Kier molecular flexibility index (Phi) is 3.42. The van der Waals surface area contributed by atoms with Gasteiger partial charge in [-0.3, -0.25) is 10.2 Å². The number of nitrogens with zero attached hydrogens (tertiary/aromatic N) is 1. The van der Waals surface area contributed by atoms with Crippen LogP contribution in [0.25, 0.3) is 0 Å². The fourth-order valence-corrected chi connectivity index (χ4v) is 2.67. The van der Waals surface area contributed by atoms with Crippen molar-refractivity contribution >= 4 is 0 Å². The lowest BCUT2D eigenvalue weighted by molar-refractivity contribution is 0.0635. The van der Waals surface area contributed by atoms with Crippen LogP contribution < -0.4 is 5.32 Å². The predicted octanol–water partition coefficient (Wildman–Crippen LogP) is 1.20. The number of hydrogen-bond acceptors (Lipinski definition) is 3. The maximum atomic E-state index is 5.61. The molecule has 2 rings (SSSR count). The number of ether oxygens (including phenoxy) is 1. The molecule has 0 saturated carbocycles. The Hall–Kier alpha value is -0.120. The second kappa shape index (κ2) is 4.60. The molecule has 0 spiro atoms. The highest BCUT2D eigenvalue weighted by Gasteiger charge is 2.29. The van der Waals surface area contributed by atoms with Crippen LogP contribution in [0.4, 0.5) is 0 Å². The minimum Gasteiger partial charge on any atom is -0.362 e. The van der Waals surface area contributed by atoms with Crippen LogP contribution in [0.1, 0.15) is 33.1 Å². The monoisotopic (exact) mass is 198 g/mol. The molecule has 3 nitrogen and oxygen atoms in total. The van der Waals surface area contributed by atoms with Crippen molar-refractivity contribution in [3.63, 3.8) is 0 Å². The van der Waals surface area contributed by atoms with Crippen LogP contribution >= 0.6 is 0 Å². The van der Waals surface area contributed by atoms with Crippen molar-refractivity contribution in [3.8, 4) is 0 Å². The van der Waals surface area contributed by atoms with Gasteiger partial charge < -0.3 is 4.74 Å². The van der Waals surface area contributed by atoms with Gasteiger partial charge in [0.25, 0.3) is 0 Å². The first-order valence-electron chi connectivity index (χ1n) is 5.88. The van der Waals surface area contributed by atoms with Crippen molar-refractivity contribution in [1.82, 2.24) is 10.2 Å². The zero-order valence-corrected chi connectivity index (χ0v) is 9.33. The molecule has 2 aliphatic heterocycles. The first kappa shape index (κ1) is 10.4.